The van der Waals surface area contributed by atoms with Gasteiger partial charge in [0.1, 0.15) is 11.6 Å². The predicted octanol–water partition coefficient (Wildman–Crippen LogP) is 2.29. The molecule has 0 bridgehead atoms. The number of benzene rings is 1. The molecule has 0 saturated carbocycles. The lowest BCUT2D eigenvalue weighted by Crippen LogP contribution is -2.28. The Morgan fingerprint density at radius 3 is 2.65 bits per heavy atom. The summed E-state index contributed by atoms with van der Waals surface area (Å²) in [4.78, 5) is 10.0. The van der Waals surface area contributed by atoms with Crippen molar-refractivity contribution in [3.05, 3.63) is 33.9 Å². The Kier molecular flexibility index (Phi) is 3.35. The molecule has 1 rings (SSSR count). The highest BCUT2D eigenvalue weighted by molar-refractivity contribution is 5.60. The van der Waals surface area contributed by atoms with Gasteiger partial charge in [0, 0.05) is 11.8 Å². The van der Waals surface area contributed by atoms with E-state index in [4.69, 9.17) is 11.7 Å². The fourth-order valence-corrected chi connectivity index (χ4v) is 1.26. The molecule has 0 atom stereocenters. The Balaban J connectivity index is 3.13. The molecular formula is C12H11N3O2. The average molecular weight is 229 g/mol. The smallest absolute Gasteiger partial charge is 0.287 e. The molecule has 0 spiro atoms. The number of terminal acetylenes is 1. The number of anilines is 1. The third-order valence-corrected chi connectivity index (χ3v) is 2.13. The minimum atomic E-state index is -0.589. The number of nitrogens with one attached hydrogen (secondary N) is 1. The Morgan fingerprint density at radius 1 is 1.53 bits per heavy atom. The molecule has 0 aliphatic rings. The van der Waals surface area contributed by atoms with Crippen molar-refractivity contribution < 1.29 is 4.92 Å². The van der Waals surface area contributed by atoms with Crippen molar-refractivity contribution >= 4 is 11.4 Å². The second-order valence-corrected chi connectivity index (χ2v) is 4.00. The minimum Gasteiger partial charge on any atom is -0.369 e. The van der Waals surface area contributed by atoms with E-state index in [1.54, 1.807) is 19.9 Å². The third-order valence-electron chi connectivity index (χ3n) is 2.13. The first-order valence-electron chi connectivity index (χ1n) is 4.84. The lowest BCUT2D eigenvalue weighted by Gasteiger charge is -2.21. The number of hydrogen-bond donors (Lipinski definition) is 1. The van der Waals surface area contributed by atoms with Crippen molar-refractivity contribution in [3.63, 3.8) is 0 Å². The van der Waals surface area contributed by atoms with E-state index in [9.17, 15) is 10.1 Å². The van der Waals surface area contributed by atoms with Crippen molar-refractivity contribution in [2.24, 2.45) is 0 Å². The molecular weight excluding hydrogens is 218 g/mol. The monoisotopic (exact) mass is 229 g/mol. The Labute approximate surface area is 99.2 Å². The molecule has 0 heterocycles. The van der Waals surface area contributed by atoms with Crippen LogP contribution in [0.4, 0.5) is 11.4 Å². The number of hydrogen-bond acceptors (Lipinski definition) is 4. The van der Waals surface area contributed by atoms with E-state index in [2.05, 4.69) is 11.2 Å². The summed E-state index contributed by atoms with van der Waals surface area (Å²) in [7, 11) is 0. The second-order valence-electron chi connectivity index (χ2n) is 4.00. The van der Waals surface area contributed by atoms with Gasteiger partial charge in [0.2, 0.25) is 0 Å². The average Bonchev–Trinajstić information content (AvgIpc) is 2.28. The molecule has 1 aromatic rings. The maximum absolute atomic E-state index is 10.6. The summed E-state index contributed by atoms with van der Waals surface area (Å²) in [6, 6.07) is 6.01. The molecule has 5 nitrogen and oxygen atoms in total. The summed E-state index contributed by atoms with van der Waals surface area (Å²) >= 11 is 0. The van der Waals surface area contributed by atoms with E-state index in [1.807, 2.05) is 0 Å². The first-order chi connectivity index (χ1) is 7.89. The molecule has 86 valence electrons. The van der Waals surface area contributed by atoms with Crippen molar-refractivity contribution in [2.75, 3.05) is 5.32 Å². The van der Waals surface area contributed by atoms with Crippen LogP contribution in [0.25, 0.3) is 0 Å². The van der Waals surface area contributed by atoms with Crippen LogP contribution in [0.5, 0.6) is 0 Å². The van der Waals surface area contributed by atoms with E-state index in [0.29, 0.717) is 5.69 Å². The number of nitrogens with zero attached hydrogens (tertiary/aromatic N) is 2. The van der Waals surface area contributed by atoms with Gasteiger partial charge >= 0.3 is 0 Å². The summed E-state index contributed by atoms with van der Waals surface area (Å²) in [5.74, 6) is 2.54. The zero-order chi connectivity index (χ0) is 13.1. The molecule has 0 fully saturated rings. The van der Waals surface area contributed by atoms with Crippen LogP contribution in [0.1, 0.15) is 19.4 Å². The standard InChI is InChI=1S/C12H11N3O2/c1-4-12(2,3)14-10-5-6-11(15(16)17)9(7-10)8-13/h1,5-7,14H,2-3H3. The Hall–Kier alpha value is -2.53. The molecule has 0 amide bonds. The number of nitro benzene ring substituents is 1. The van der Waals surface area contributed by atoms with E-state index in [0.717, 1.165) is 0 Å². The van der Waals surface area contributed by atoms with Crippen molar-refractivity contribution in [1.29, 1.82) is 5.26 Å². The number of rotatable bonds is 3. The van der Waals surface area contributed by atoms with Crippen LogP contribution in [0.15, 0.2) is 18.2 Å². The van der Waals surface area contributed by atoms with Gasteiger partial charge < -0.3 is 5.32 Å². The Bertz CT molecular complexity index is 536. The zero-order valence-electron chi connectivity index (χ0n) is 9.52. The predicted molar refractivity (Wildman–Crippen MR) is 64.3 cm³/mol. The van der Waals surface area contributed by atoms with Gasteiger partial charge in [-0.05, 0) is 26.0 Å². The maximum Gasteiger partial charge on any atom is 0.287 e. The molecule has 1 aromatic carbocycles. The highest BCUT2D eigenvalue weighted by Gasteiger charge is 2.17. The fourth-order valence-electron chi connectivity index (χ4n) is 1.26. The lowest BCUT2D eigenvalue weighted by molar-refractivity contribution is -0.385. The summed E-state index contributed by atoms with van der Waals surface area (Å²) in [6.07, 6.45) is 5.32. The first kappa shape index (κ1) is 12.5. The van der Waals surface area contributed by atoms with Gasteiger partial charge in [-0.25, -0.2) is 0 Å². The summed E-state index contributed by atoms with van der Waals surface area (Å²) in [5.41, 5.74) is -0.206. The van der Waals surface area contributed by atoms with Gasteiger partial charge in [0.05, 0.1) is 10.5 Å². The van der Waals surface area contributed by atoms with Crippen LogP contribution < -0.4 is 5.32 Å². The van der Waals surface area contributed by atoms with Gasteiger partial charge in [-0.2, -0.15) is 5.26 Å². The SMILES string of the molecule is C#CC(C)(C)Nc1ccc([N+](=O)[O-])c(C#N)c1. The highest BCUT2D eigenvalue weighted by Crippen LogP contribution is 2.23. The van der Waals surface area contributed by atoms with Gasteiger partial charge in [0.15, 0.2) is 0 Å². The highest BCUT2D eigenvalue weighted by atomic mass is 16.6. The van der Waals surface area contributed by atoms with Crippen LogP contribution in [0.2, 0.25) is 0 Å². The van der Waals surface area contributed by atoms with Crippen LogP contribution >= 0.6 is 0 Å². The molecule has 0 aliphatic heterocycles. The molecule has 5 heteroatoms. The summed E-state index contributed by atoms with van der Waals surface area (Å²) in [6.45, 7) is 3.58. The molecule has 0 aliphatic carbocycles. The third kappa shape index (κ3) is 2.96. The topological polar surface area (TPSA) is 79.0 Å². The van der Waals surface area contributed by atoms with Crippen LogP contribution in [-0.4, -0.2) is 10.5 Å². The van der Waals surface area contributed by atoms with E-state index in [-0.39, 0.29) is 11.3 Å². The largest absolute Gasteiger partial charge is 0.369 e. The van der Waals surface area contributed by atoms with Gasteiger partial charge in [-0.3, -0.25) is 10.1 Å². The first-order valence-corrected chi connectivity index (χ1v) is 4.84. The zero-order valence-corrected chi connectivity index (χ0v) is 9.52. The fraction of sp³-hybridized carbons (Fsp3) is 0.250. The normalized spacial score (nSPS) is 10.1. The van der Waals surface area contributed by atoms with Gasteiger partial charge in [0.25, 0.3) is 5.69 Å². The molecule has 1 N–H and O–H groups in total. The van der Waals surface area contributed by atoms with Crippen molar-refractivity contribution in [1.82, 2.24) is 0 Å². The quantitative estimate of drug-likeness (QED) is 0.490. The van der Waals surface area contributed by atoms with Crippen LogP contribution in [0, 0.1) is 33.8 Å². The van der Waals surface area contributed by atoms with Crippen LogP contribution in [0.3, 0.4) is 0 Å². The minimum absolute atomic E-state index is 0.00724. The van der Waals surface area contributed by atoms with Gasteiger partial charge in [-0.1, -0.05) is 5.92 Å². The number of nitriles is 1. The summed E-state index contributed by atoms with van der Waals surface area (Å²) in [5, 5.41) is 22.5. The van der Waals surface area contributed by atoms with Crippen LogP contribution in [-0.2, 0) is 0 Å². The van der Waals surface area contributed by atoms with Crippen molar-refractivity contribution in [2.45, 2.75) is 19.4 Å². The van der Waals surface area contributed by atoms with E-state index >= 15 is 0 Å². The molecule has 0 aromatic heterocycles. The molecule has 0 radical (unpaired) electrons. The molecule has 0 unspecified atom stereocenters. The second kappa shape index (κ2) is 4.54. The molecule has 17 heavy (non-hydrogen) atoms. The van der Waals surface area contributed by atoms with Gasteiger partial charge in [-0.15, -0.1) is 6.42 Å². The Morgan fingerprint density at radius 2 is 2.18 bits per heavy atom. The van der Waals surface area contributed by atoms with E-state index in [1.165, 1.54) is 18.2 Å². The maximum atomic E-state index is 10.6. The number of nitro groups is 1. The van der Waals surface area contributed by atoms with E-state index < -0.39 is 10.5 Å². The lowest BCUT2D eigenvalue weighted by atomic mass is 10.1. The summed E-state index contributed by atoms with van der Waals surface area (Å²) < 4.78 is 0. The van der Waals surface area contributed by atoms with Crippen molar-refractivity contribution in [3.8, 4) is 18.4 Å². The molecule has 0 saturated heterocycles.